The fourth-order valence-corrected chi connectivity index (χ4v) is 3.60. The molecular weight excluding hydrogens is 378 g/mol. The van der Waals surface area contributed by atoms with Crippen molar-refractivity contribution in [2.45, 2.75) is 18.8 Å². The summed E-state index contributed by atoms with van der Waals surface area (Å²) in [5.74, 6) is 1.64. The second-order valence-electron chi connectivity index (χ2n) is 6.75. The van der Waals surface area contributed by atoms with Gasteiger partial charge in [-0.25, -0.2) is 0 Å². The number of aromatic nitrogens is 2. The summed E-state index contributed by atoms with van der Waals surface area (Å²) in [6.07, 6.45) is 1.78. The van der Waals surface area contributed by atoms with Gasteiger partial charge in [-0.15, -0.1) is 0 Å². The number of nitrogens with zero attached hydrogens (tertiary/aromatic N) is 3. The molecule has 28 heavy (non-hydrogen) atoms. The third-order valence-electron chi connectivity index (χ3n) is 4.94. The molecule has 6 nitrogen and oxygen atoms in total. The molecule has 144 valence electrons. The number of halogens is 1. The second kappa shape index (κ2) is 8.02. The first-order chi connectivity index (χ1) is 13.7. The lowest BCUT2D eigenvalue weighted by atomic mass is 9.97. The van der Waals surface area contributed by atoms with Crippen LogP contribution < -0.4 is 4.74 Å². The van der Waals surface area contributed by atoms with Gasteiger partial charge in [0.1, 0.15) is 5.75 Å². The Kier molecular flexibility index (Phi) is 5.30. The van der Waals surface area contributed by atoms with Gasteiger partial charge in [0.25, 0.3) is 5.91 Å². The van der Waals surface area contributed by atoms with Crippen molar-refractivity contribution in [1.82, 2.24) is 15.0 Å². The van der Waals surface area contributed by atoms with Gasteiger partial charge >= 0.3 is 0 Å². The van der Waals surface area contributed by atoms with E-state index < -0.39 is 0 Å². The molecule has 0 spiro atoms. The van der Waals surface area contributed by atoms with Crippen molar-refractivity contribution in [2.24, 2.45) is 0 Å². The molecule has 4 rings (SSSR count). The number of hydrogen-bond acceptors (Lipinski definition) is 5. The van der Waals surface area contributed by atoms with Gasteiger partial charge in [-0.2, -0.15) is 4.98 Å². The topological polar surface area (TPSA) is 68.5 Å². The molecule has 1 atom stereocenters. The summed E-state index contributed by atoms with van der Waals surface area (Å²) in [7, 11) is 1.57. The molecule has 1 saturated heterocycles. The minimum absolute atomic E-state index is 0.0148. The summed E-state index contributed by atoms with van der Waals surface area (Å²) in [6.45, 7) is 1.24. The largest absolute Gasteiger partial charge is 0.496 e. The van der Waals surface area contributed by atoms with Gasteiger partial charge in [-0.1, -0.05) is 28.9 Å². The van der Waals surface area contributed by atoms with Gasteiger partial charge < -0.3 is 14.2 Å². The van der Waals surface area contributed by atoms with Gasteiger partial charge in [-0.05, 0) is 49.2 Å². The number of carbonyl (C=O) groups excluding carboxylic acids is 1. The Labute approximate surface area is 168 Å². The highest BCUT2D eigenvalue weighted by atomic mass is 35.5. The van der Waals surface area contributed by atoms with Crippen LogP contribution in [0.2, 0.25) is 5.02 Å². The quantitative estimate of drug-likeness (QED) is 0.651. The number of methoxy groups -OCH3 is 1. The van der Waals surface area contributed by atoms with Crippen molar-refractivity contribution in [3.05, 3.63) is 65.0 Å². The summed E-state index contributed by atoms with van der Waals surface area (Å²) >= 11 is 5.93. The number of rotatable bonds is 4. The Morgan fingerprint density at radius 1 is 1.21 bits per heavy atom. The van der Waals surface area contributed by atoms with E-state index in [2.05, 4.69) is 10.1 Å². The number of hydrogen-bond donors (Lipinski definition) is 0. The molecule has 2 aromatic carbocycles. The van der Waals surface area contributed by atoms with Gasteiger partial charge in [0.2, 0.25) is 11.7 Å². The lowest BCUT2D eigenvalue weighted by molar-refractivity contribution is 0.0692. The molecule has 1 aliphatic heterocycles. The summed E-state index contributed by atoms with van der Waals surface area (Å²) in [4.78, 5) is 19.4. The normalized spacial score (nSPS) is 16.8. The number of ether oxygens (including phenoxy) is 1. The molecule has 1 fully saturated rings. The Bertz CT molecular complexity index is 971. The van der Waals surface area contributed by atoms with Crippen LogP contribution in [0.4, 0.5) is 0 Å². The summed E-state index contributed by atoms with van der Waals surface area (Å²) in [5, 5.41) is 4.75. The maximum Gasteiger partial charge on any atom is 0.257 e. The van der Waals surface area contributed by atoms with E-state index in [0.29, 0.717) is 41.1 Å². The summed E-state index contributed by atoms with van der Waals surface area (Å²) in [6, 6.07) is 14.6. The molecule has 0 unspecified atom stereocenters. The Balaban J connectivity index is 1.51. The number of piperidine rings is 1. The second-order valence-corrected chi connectivity index (χ2v) is 7.19. The molecule has 0 saturated carbocycles. The molecule has 0 radical (unpaired) electrons. The first kappa shape index (κ1) is 18.5. The van der Waals surface area contributed by atoms with Crippen LogP contribution >= 0.6 is 11.6 Å². The van der Waals surface area contributed by atoms with E-state index in [9.17, 15) is 4.79 Å². The average molecular weight is 398 g/mol. The van der Waals surface area contributed by atoms with Crippen LogP contribution in [-0.2, 0) is 0 Å². The summed E-state index contributed by atoms with van der Waals surface area (Å²) in [5.41, 5.74) is 1.41. The Morgan fingerprint density at radius 3 is 2.79 bits per heavy atom. The SMILES string of the molecule is COc1ccccc1C(=O)N1CCC[C@H](c2nc(-c3ccc(Cl)cc3)no2)C1. The van der Waals surface area contributed by atoms with Crippen molar-refractivity contribution in [3.63, 3.8) is 0 Å². The van der Waals surface area contributed by atoms with Crippen molar-refractivity contribution in [1.29, 1.82) is 0 Å². The van der Waals surface area contributed by atoms with E-state index in [1.165, 1.54) is 0 Å². The molecule has 3 aromatic rings. The van der Waals surface area contributed by atoms with Crippen LogP contribution in [0.1, 0.15) is 35.0 Å². The molecule has 0 bridgehead atoms. The Morgan fingerprint density at radius 2 is 2.00 bits per heavy atom. The average Bonchev–Trinajstić information content (AvgIpc) is 3.24. The van der Waals surface area contributed by atoms with Gasteiger partial charge in [-0.3, -0.25) is 4.79 Å². The first-order valence-electron chi connectivity index (χ1n) is 9.17. The standard InChI is InChI=1S/C21H20ClN3O3/c1-27-18-7-3-2-6-17(18)21(26)25-12-4-5-15(13-25)20-23-19(24-28-20)14-8-10-16(22)11-9-14/h2-3,6-11,15H,4-5,12-13H2,1H3/t15-/m0/s1. The van der Waals surface area contributed by atoms with Crippen LogP contribution in [0, 0.1) is 0 Å². The molecule has 2 heterocycles. The van der Waals surface area contributed by atoms with E-state index in [-0.39, 0.29) is 11.8 Å². The molecule has 0 N–H and O–H groups in total. The fraction of sp³-hybridized carbons (Fsp3) is 0.286. The zero-order valence-electron chi connectivity index (χ0n) is 15.5. The van der Waals surface area contributed by atoms with E-state index in [4.69, 9.17) is 20.9 Å². The van der Waals surface area contributed by atoms with Gasteiger partial charge in [0, 0.05) is 23.7 Å². The van der Waals surface area contributed by atoms with E-state index >= 15 is 0 Å². The monoisotopic (exact) mass is 397 g/mol. The molecule has 1 aromatic heterocycles. The molecule has 1 aliphatic rings. The van der Waals surface area contributed by atoms with E-state index in [1.807, 2.05) is 29.2 Å². The number of benzene rings is 2. The van der Waals surface area contributed by atoms with Gasteiger partial charge in [0.05, 0.1) is 18.6 Å². The molecule has 7 heteroatoms. The zero-order chi connectivity index (χ0) is 19.5. The minimum atomic E-state index is -0.0420. The third-order valence-corrected chi connectivity index (χ3v) is 5.19. The predicted molar refractivity (Wildman–Crippen MR) is 106 cm³/mol. The molecule has 0 aliphatic carbocycles. The maximum absolute atomic E-state index is 13.0. The number of likely N-dealkylation sites (tertiary alicyclic amines) is 1. The van der Waals surface area contributed by atoms with Crippen LogP contribution in [0.5, 0.6) is 5.75 Å². The number of para-hydroxylation sites is 1. The first-order valence-corrected chi connectivity index (χ1v) is 9.55. The van der Waals surface area contributed by atoms with Crippen molar-refractivity contribution in [2.75, 3.05) is 20.2 Å². The molecule has 1 amide bonds. The van der Waals surface area contributed by atoms with Gasteiger partial charge in [0.15, 0.2) is 0 Å². The zero-order valence-corrected chi connectivity index (χ0v) is 16.2. The van der Waals surface area contributed by atoms with Crippen LogP contribution in [0.15, 0.2) is 53.1 Å². The molecular formula is C21H20ClN3O3. The minimum Gasteiger partial charge on any atom is -0.496 e. The lowest BCUT2D eigenvalue weighted by Crippen LogP contribution is -2.39. The third kappa shape index (κ3) is 3.73. The van der Waals surface area contributed by atoms with Crippen molar-refractivity contribution in [3.8, 4) is 17.1 Å². The maximum atomic E-state index is 13.0. The van der Waals surface area contributed by atoms with Crippen molar-refractivity contribution < 1.29 is 14.1 Å². The van der Waals surface area contributed by atoms with Crippen LogP contribution in [0.25, 0.3) is 11.4 Å². The highest BCUT2D eigenvalue weighted by Crippen LogP contribution is 2.30. The smallest absolute Gasteiger partial charge is 0.257 e. The lowest BCUT2D eigenvalue weighted by Gasteiger charge is -2.31. The highest BCUT2D eigenvalue weighted by molar-refractivity contribution is 6.30. The predicted octanol–water partition coefficient (Wildman–Crippen LogP) is 4.42. The van der Waals surface area contributed by atoms with Crippen LogP contribution in [-0.4, -0.2) is 41.1 Å². The number of carbonyl (C=O) groups is 1. The fourth-order valence-electron chi connectivity index (χ4n) is 3.47. The van der Waals surface area contributed by atoms with Crippen LogP contribution in [0.3, 0.4) is 0 Å². The highest BCUT2D eigenvalue weighted by Gasteiger charge is 2.30. The Hall–Kier alpha value is -2.86. The van der Waals surface area contributed by atoms with E-state index in [0.717, 1.165) is 18.4 Å². The summed E-state index contributed by atoms with van der Waals surface area (Å²) < 4.78 is 10.8. The number of amides is 1. The van der Waals surface area contributed by atoms with E-state index in [1.54, 1.807) is 31.4 Å². The van der Waals surface area contributed by atoms with Crippen molar-refractivity contribution >= 4 is 17.5 Å².